The van der Waals surface area contributed by atoms with Crippen molar-refractivity contribution in [2.45, 2.75) is 46.1 Å². The Labute approximate surface area is 116 Å². The second kappa shape index (κ2) is 5.24. The van der Waals surface area contributed by atoms with Crippen molar-refractivity contribution in [3.63, 3.8) is 0 Å². The van der Waals surface area contributed by atoms with Gasteiger partial charge >= 0.3 is 0 Å². The number of aromatic nitrogens is 3. The average molecular weight is 259 g/mol. The molecule has 0 bridgehead atoms. The molecule has 104 valence electrons. The van der Waals surface area contributed by atoms with Gasteiger partial charge in [-0.3, -0.25) is 4.68 Å². The van der Waals surface area contributed by atoms with Gasteiger partial charge in [0.15, 0.2) is 0 Å². The summed E-state index contributed by atoms with van der Waals surface area (Å²) in [5.41, 5.74) is 2.94. The first-order chi connectivity index (χ1) is 8.86. The molecule has 1 unspecified atom stereocenters. The van der Waals surface area contributed by atoms with Gasteiger partial charge in [0.25, 0.3) is 0 Å². The third-order valence-corrected chi connectivity index (χ3v) is 3.62. The molecule has 3 nitrogen and oxygen atoms in total. The van der Waals surface area contributed by atoms with Crippen LogP contribution in [0.2, 0.25) is 0 Å². The Hall–Kier alpha value is -1.51. The largest absolute Gasteiger partial charge is 0.354 e. The van der Waals surface area contributed by atoms with Gasteiger partial charge in [0.05, 0.1) is 0 Å². The Bertz CT molecular complexity index is 528. The third-order valence-electron chi connectivity index (χ3n) is 3.62. The predicted molar refractivity (Wildman–Crippen MR) is 79.2 cm³/mol. The summed E-state index contributed by atoms with van der Waals surface area (Å²) in [6.07, 6.45) is 7.41. The van der Waals surface area contributed by atoms with E-state index in [1.807, 2.05) is 17.9 Å². The van der Waals surface area contributed by atoms with Gasteiger partial charge in [-0.25, -0.2) is 0 Å². The summed E-state index contributed by atoms with van der Waals surface area (Å²) in [6.45, 7) is 10.1. The van der Waals surface area contributed by atoms with E-state index in [-0.39, 0.29) is 5.41 Å². The highest BCUT2D eigenvalue weighted by Gasteiger charge is 2.15. The van der Waals surface area contributed by atoms with Crippen LogP contribution in [0.5, 0.6) is 0 Å². The molecule has 2 aromatic rings. The van der Waals surface area contributed by atoms with Crippen LogP contribution in [-0.2, 0) is 25.4 Å². The van der Waals surface area contributed by atoms with Crippen LogP contribution >= 0.6 is 0 Å². The Kier molecular flexibility index (Phi) is 3.83. The van der Waals surface area contributed by atoms with Crippen molar-refractivity contribution in [3.8, 4) is 0 Å². The molecule has 0 aromatic carbocycles. The van der Waals surface area contributed by atoms with Crippen molar-refractivity contribution >= 4 is 0 Å². The molecule has 0 saturated heterocycles. The summed E-state index contributed by atoms with van der Waals surface area (Å²) in [5, 5.41) is 4.22. The zero-order chi connectivity index (χ0) is 14.0. The van der Waals surface area contributed by atoms with Gasteiger partial charge in [-0.05, 0) is 35.4 Å². The van der Waals surface area contributed by atoms with E-state index < -0.39 is 0 Å². The number of aryl methyl sites for hydroxylation is 1. The zero-order valence-corrected chi connectivity index (χ0v) is 12.7. The highest BCUT2D eigenvalue weighted by Crippen LogP contribution is 2.22. The Balaban J connectivity index is 1.98. The quantitative estimate of drug-likeness (QED) is 0.825. The van der Waals surface area contributed by atoms with E-state index in [0.717, 1.165) is 13.0 Å². The van der Waals surface area contributed by atoms with Crippen molar-refractivity contribution in [3.05, 3.63) is 42.0 Å². The summed E-state index contributed by atoms with van der Waals surface area (Å²) in [5.74, 6) is 0.607. The van der Waals surface area contributed by atoms with E-state index in [1.54, 1.807) is 0 Å². The minimum absolute atomic E-state index is 0.233. The molecule has 3 heteroatoms. The Morgan fingerprint density at radius 3 is 2.53 bits per heavy atom. The normalized spacial score (nSPS) is 13.7. The fourth-order valence-corrected chi connectivity index (χ4v) is 2.38. The fraction of sp³-hybridized carbons (Fsp3) is 0.562. The minimum atomic E-state index is 0.233. The van der Waals surface area contributed by atoms with Crippen LogP contribution < -0.4 is 0 Å². The van der Waals surface area contributed by atoms with Crippen molar-refractivity contribution in [1.29, 1.82) is 0 Å². The van der Waals surface area contributed by atoms with Gasteiger partial charge in [0, 0.05) is 37.9 Å². The van der Waals surface area contributed by atoms with Crippen LogP contribution in [0.15, 0.2) is 30.7 Å². The average Bonchev–Trinajstić information content (AvgIpc) is 2.88. The lowest BCUT2D eigenvalue weighted by Crippen LogP contribution is -2.12. The third kappa shape index (κ3) is 3.49. The second-order valence-corrected chi connectivity index (χ2v) is 6.60. The van der Waals surface area contributed by atoms with Crippen LogP contribution in [0.1, 0.15) is 39.0 Å². The van der Waals surface area contributed by atoms with E-state index in [0.29, 0.717) is 5.92 Å². The molecular weight excluding hydrogens is 234 g/mol. The van der Waals surface area contributed by atoms with E-state index in [4.69, 9.17) is 0 Å². The van der Waals surface area contributed by atoms with Crippen LogP contribution in [0, 0.1) is 5.92 Å². The summed E-state index contributed by atoms with van der Waals surface area (Å²) < 4.78 is 4.27. The van der Waals surface area contributed by atoms with Gasteiger partial charge in [0.2, 0.25) is 0 Å². The summed E-state index contributed by atoms with van der Waals surface area (Å²) in [6, 6.07) is 4.34. The molecular formula is C16H25N3. The molecule has 0 saturated carbocycles. The summed E-state index contributed by atoms with van der Waals surface area (Å²) >= 11 is 0. The first-order valence-corrected chi connectivity index (χ1v) is 6.99. The SMILES string of the molecule is CC(Cc1ccnn1C)Cn1ccc(C(C)(C)C)c1. The lowest BCUT2D eigenvalue weighted by molar-refractivity contribution is 0.464. The number of hydrogen-bond donors (Lipinski definition) is 0. The fourth-order valence-electron chi connectivity index (χ4n) is 2.38. The molecule has 0 fully saturated rings. The lowest BCUT2D eigenvalue weighted by atomic mass is 9.89. The smallest absolute Gasteiger partial charge is 0.0492 e. The Morgan fingerprint density at radius 2 is 2.00 bits per heavy atom. The van der Waals surface area contributed by atoms with Crippen molar-refractivity contribution < 1.29 is 0 Å². The molecule has 0 amide bonds. The zero-order valence-electron chi connectivity index (χ0n) is 12.7. The van der Waals surface area contributed by atoms with Gasteiger partial charge in [-0.1, -0.05) is 27.7 Å². The van der Waals surface area contributed by atoms with Gasteiger partial charge < -0.3 is 4.57 Å². The maximum Gasteiger partial charge on any atom is 0.0492 e. The number of hydrogen-bond acceptors (Lipinski definition) is 1. The van der Waals surface area contributed by atoms with Gasteiger partial charge in [0.1, 0.15) is 0 Å². The van der Waals surface area contributed by atoms with Crippen molar-refractivity contribution in [2.75, 3.05) is 0 Å². The molecule has 0 N–H and O–H groups in total. The predicted octanol–water partition coefficient (Wildman–Crippen LogP) is 3.40. The van der Waals surface area contributed by atoms with Crippen LogP contribution in [0.4, 0.5) is 0 Å². The van der Waals surface area contributed by atoms with Gasteiger partial charge in [-0.15, -0.1) is 0 Å². The number of rotatable bonds is 4. The van der Waals surface area contributed by atoms with E-state index >= 15 is 0 Å². The van der Waals surface area contributed by atoms with E-state index in [1.165, 1.54) is 11.3 Å². The second-order valence-electron chi connectivity index (χ2n) is 6.60. The molecule has 2 aromatic heterocycles. The number of nitrogens with zero attached hydrogens (tertiary/aromatic N) is 3. The topological polar surface area (TPSA) is 22.8 Å². The van der Waals surface area contributed by atoms with Crippen molar-refractivity contribution in [2.24, 2.45) is 13.0 Å². The highest BCUT2D eigenvalue weighted by atomic mass is 15.2. The Morgan fingerprint density at radius 1 is 1.26 bits per heavy atom. The van der Waals surface area contributed by atoms with Crippen molar-refractivity contribution in [1.82, 2.24) is 14.3 Å². The molecule has 1 atom stereocenters. The maximum absolute atomic E-state index is 4.22. The van der Waals surface area contributed by atoms with Gasteiger partial charge in [-0.2, -0.15) is 5.10 Å². The standard InChI is InChI=1S/C16H25N3/c1-13(10-15-6-8-17-18(15)5)11-19-9-7-14(12-19)16(2,3)4/h6-9,12-13H,10-11H2,1-5H3. The first kappa shape index (κ1) is 13.9. The van der Waals surface area contributed by atoms with E-state index in [9.17, 15) is 0 Å². The monoisotopic (exact) mass is 259 g/mol. The molecule has 2 heterocycles. The molecule has 2 rings (SSSR count). The molecule has 0 aliphatic rings. The van der Waals surface area contributed by atoms with Crippen LogP contribution in [0.25, 0.3) is 0 Å². The minimum Gasteiger partial charge on any atom is -0.354 e. The highest BCUT2D eigenvalue weighted by molar-refractivity contribution is 5.19. The molecule has 0 aliphatic heterocycles. The molecule has 0 spiro atoms. The maximum atomic E-state index is 4.22. The first-order valence-electron chi connectivity index (χ1n) is 6.99. The van der Waals surface area contributed by atoms with E-state index in [2.05, 4.69) is 61.9 Å². The molecule has 0 aliphatic carbocycles. The molecule has 0 radical (unpaired) electrons. The van der Waals surface area contributed by atoms with Crippen LogP contribution in [0.3, 0.4) is 0 Å². The van der Waals surface area contributed by atoms with Crippen LogP contribution in [-0.4, -0.2) is 14.3 Å². The summed E-state index contributed by atoms with van der Waals surface area (Å²) in [4.78, 5) is 0. The lowest BCUT2D eigenvalue weighted by Gasteiger charge is -2.17. The summed E-state index contributed by atoms with van der Waals surface area (Å²) in [7, 11) is 2.01. The molecule has 19 heavy (non-hydrogen) atoms.